The topological polar surface area (TPSA) is 151 Å². The fourth-order valence-corrected chi connectivity index (χ4v) is 1.74. The van der Waals surface area contributed by atoms with Crippen molar-refractivity contribution in [1.29, 1.82) is 0 Å². The lowest BCUT2D eigenvalue weighted by molar-refractivity contribution is -0.143. The van der Waals surface area contributed by atoms with E-state index >= 15 is 0 Å². The first-order chi connectivity index (χ1) is 11.1. The summed E-state index contributed by atoms with van der Waals surface area (Å²) in [5, 5.41) is 16.1. The number of hydrogen-bond donors (Lipinski definition) is 5. The average molecular weight is 344 g/mol. The summed E-state index contributed by atoms with van der Waals surface area (Å²) in [6.45, 7) is 6.42. The molecule has 6 N–H and O–H groups in total. The van der Waals surface area contributed by atoms with Gasteiger partial charge in [0, 0.05) is 0 Å². The van der Waals surface area contributed by atoms with Gasteiger partial charge in [0.2, 0.25) is 17.7 Å². The maximum atomic E-state index is 11.7. The molecule has 9 heteroatoms. The Bertz CT molecular complexity index is 467. The molecule has 0 fully saturated rings. The Morgan fingerprint density at radius 2 is 1.54 bits per heavy atom. The summed E-state index contributed by atoms with van der Waals surface area (Å²) in [5.41, 5.74) is 5.63. The first kappa shape index (κ1) is 21.8. The maximum Gasteiger partial charge on any atom is 0.326 e. The highest BCUT2D eigenvalue weighted by Gasteiger charge is 2.25. The lowest BCUT2D eigenvalue weighted by atomic mass is 9.99. The smallest absolute Gasteiger partial charge is 0.326 e. The molecule has 0 spiro atoms. The van der Waals surface area contributed by atoms with E-state index in [0.717, 1.165) is 0 Å². The molecule has 0 saturated heterocycles. The average Bonchev–Trinajstić information content (AvgIpc) is 2.53. The molecule has 24 heavy (non-hydrogen) atoms. The third kappa shape index (κ3) is 7.91. The number of amides is 3. The highest BCUT2D eigenvalue weighted by Crippen LogP contribution is 2.07. The van der Waals surface area contributed by atoms with Crippen molar-refractivity contribution in [2.24, 2.45) is 17.6 Å². The van der Waals surface area contributed by atoms with Crippen LogP contribution < -0.4 is 21.7 Å². The van der Waals surface area contributed by atoms with Crippen molar-refractivity contribution in [1.82, 2.24) is 16.0 Å². The summed E-state index contributed by atoms with van der Waals surface area (Å²) in [6.07, 6.45) is 0.589. The number of rotatable bonds is 10. The monoisotopic (exact) mass is 344 g/mol. The minimum absolute atomic E-state index is 0.0626. The van der Waals surface area contributed by atoms with E-state index in [1.54, 1.807) is 20.8 Å². The van der Waals surface area contributed by atoms with Gasteiger partial charge in [-0.15, -0.1) is 0 Å². The van der Waals surface area contributed by atoms with Gasteiger partial charge in [0.25, 0.3) is 0 Å². The lowest BCUT2D eigenvalue weighted by Gasteiger charge is -2.20. The van der Waals surface area contributed by atoms with Crippen LogP contribution in [0.15, 0.2) is 0 Å². The molecule has 0 saturated carbocycles. The maximum absolute atomic E-state index is 11.7. The third-order valence-corrected chi connectivity index (χ3v) is 3.69. The number of nitrogens with two attached hydrogens (primary N) is 1. The second kappa shape index (κ2) is 10.6. The van der Waals surface area contributed by atoms with E-state index in [-0.39, 0.29) is 24.9 Å². The van der Waals surface area contributed by atoms with Crippen LogP contribution in [0.3, 0.4) is 0 Å². The molecule has 0 bridgehead atoms. The predicted molar refractivity (Wildman–Crippen MR) is 87.9 cm³/mol. The molecule has 0 aliphatic carbocycles. The number of aliphatic carboxylic acids is 1. The lowest BCUT2D eigenvalue weighted by Crippen LogP contribution is -2.50. The zero-order valence-corrected chi connectivity index (χ0v) is 14.6. The van der Waals surface area contributed by atoms with E-state index < -0.39 is 35.8 Å². The Labute approximate surface area is 141 Å². The Kier molecular flexibility index (Phi) is 9.63. The molecule has 0 aromatic carbocycles. The van der Waals surface area contributed by atoms with Crippen LogP contribution in [0.5, 0.6) is 0 Å². The van der Waals surface area contributed by atoms with E-state index in [9.17, 15) is 19.2 Å². The molecule has 0 heterocycles. The van der Waals surface area contributed by atoms with Crippen LogP contribution in [0.2, 0.25) is 0 Å². The van der Waals surface area contributed by atoms with Gasteiger partial charge in [0.1, 0.15) is 6.04 Å². The van der Waals surface area contributed by atoms with Crippen molar-refractivity contribution in [3.8, 4) is 0 Å². The fraction of sp³-hybridized carbons (Fsp3) is 0.733. The normalized spacial score (nSPS) is 14.4. The second-order valence-corrected chi connectivity index (χ2v) is 6.03. The van der Waals surface area contributed by atoms with E-state index in [2.05, 4.69) is 16.0 Å². The van der Waals surface area contributed by atoms with Crippen molar-refractivity contribution >= 4 is 23.7 Å². The minimum Gasteiger partial charge on any atom is -0.480 e. The molecular weight excluding hydrogens is 316 g/mol. The van der Waals surface area contributed by atoms with Gasteiger partial charge in [0.05, 0.1) is 19.1 Å². The van der Waals surface area contributed by atoms with Gasteiger partial charge in [-0.2, -0.15) is 0 Å². The van der Waals surface area contributed by atoms with Gasteiger partial charge in [-0.1, -0.05) is 34.1 Å². The number of carbonyl (C=O) groups is 4. The largest absolute Gasteiger partial charge is 0.480 e. The molecule has 0 radical (unpaired) electrons. The second-order valence-electron chi connectivity index (χ2n) is 6.03. The number of hydrogen-bond acceptors (Lipinski definition) is 5. The number of carbonyl (C=O) groups excluding carboxylic acids is 3. The van der Waals surface area contributed by atoms with Gasteiger partial charge < -0.3 is 26.8 Å². The van der Waals surface area contributed by atoms with Crippen molar-refractivity contribution in [2.75, 3.05) is 13.1 Å². The van der Waals surface area contributed by atoms with Crippen molar-refractivity contribution < 1.29 is 24.3 Å². The van der Waals surface area contributed by atoms with Gasteiger partial charge in [-0.25, -0.2) is 4.79 Å². The highest BCUT2D eigenvalue weighted by atomic mass is 16.4. The van der Waals surface area contributed by atoms with Crippen LogP contribution >= 0.6 is 0 Å². The van der Waals surface area contributed by atoms with E-state index in [0.29, 0.717) is 6.42 Å². The Morgan fingerprint density at radius 1 is 1.00 bits per heavy atom. The Hall–Kier alpha value is -2.16. The van der Waals surface area contributed by atoms with Gasteiger partial charge in [-0.3, -0.25) is 14.4 Å². The Morgan fingerprint density at radius 3 is 2.00 bits per heavy atom. The molecule has 138 valence electrons. The summed E-state index contributed by atoms with van der Waals surface area (Å²) in [7, 11) is 0. The molecule has 0 aliphatic rings. The summed E-state index contributed by atoms with van der Waals surface area (Å²) >= 11 is 0. The van der Waals surface area contributed by atoms with Gasteiger partial charge in [-0.05, 0) is 11.8 Å². The molecule has 0 aliphatic heterocycles. The molecule has 3 atom stereocenters. The fourth-order valence-electron chi connectivity index (χ4n) is 1.74. The third-order valence-electron chi connectivity index (χ3n) is 3.69. The number of carboxylic acid groups (broad SMARTS) is 1. The summed E-state index contributed by atoms with van der Waals surface area (Å²) in [4.78, 5) is 46.0. The first-order valence-corrected chi connectivity index (χ1v) is 7.92. The van der Waals surface area contributed by atoms with Crippen LogP contribution in [0.4, 0.5) is 0 Å². The highest BCUT2D eigenvalue weighted by molar-refractivity contribution is 5.90. The zero-order valence-electron chi connectivity index (χ0n) is 14.6. The van der Waals surface area contributed by atoms with E-state index in [1.165, 1.54) is 0 Å². The summed E-state index contributed by atoms with van der Waals surface area (Å²) < 4.78 is 0. The van der Waals surface area contributed by atoms with Crippen molar-refractivity contribution in [3.05, 3.63) is 0 Å². The SMILES string of the molecule is CCC(C)C(NC(=O)CNC(=O)CNC(=O)C(N)C(C)C)C(=O)O. The number of carboxylic acids is 1. The molecule has 9 nitrogen and oxygen atoms in total. The van der Waals surface area contributed by atoms with Gasteiger partial charge >= 0.3 is 5.97 Å². The van der Waals surface area contributed by atoms with E-state index in [1.807, 2.05) is 6.92 Å². The van der Waals surface area contributed by atoms with Crippen LogP contribution in [0, 0.1) is 11.8 Å². The van der Waals surface area contributed by atoms with E-state index in [4.69, 9.17) is 10.8 Å². The first-order valence-electron chi connectivity index (χ1n) is 7.92. The standard InChI is InChI=1S/C15H28N4O5/c1-5-9(4)13(15(23)24)19-11(21)7-17-10(20)6-18-14(22)12(16)8(2)3/h8-9,12-13H,5-7,16H2,1-4H3,(H,17,20)(H,18,22)(H,19,21)(H,23,24). The van der Waals surface area contributed by atoms with Crippen molar-refractivity contribution in [3.63, 3.8) is 0 Å². The summed E-state index contributed by atoms with van der Waals surface area (Å²) in [6, 6.07) is -1.73. The van der Waals surface area contributed by atoms with Gasteiger partial charge in [0.15, 0.2) is 0 Å². The zero-order chi connectivity index (χ0) is 18.9. The van der Waals surface area contributed by atoms with Crippen LogP contribution in [-0.2, 0) is 19.2 Å². The van der Waals surface area contributed by atoms with Crippen LogP contribution in [0.1, 0.15) is 34.1 Å². The molecule has 0 rings (SSSR count). The quantitative estimate of drug-likeness (QED) is 0.336. The molecular formula is C15H28N4O5. The van der Waals surface area contributed by atoms with Crippen molar-refractivity contribution in [2.45, 2.75) is 46.2 Å². The minimum atomic E-state index is -1.13. The predicted octanol–water partition coefficient (Wildman–Crippen LogP) is -1.18. The van der Waals surface area contributed by atoms with Crippen LogP contribution in [-0.4, -0.2) is 54.0 Å². The van der Waals surface area contributed by atoms with Crippen LogP contribution in [0.25, 0.3) is 0 Å². The summed E-state index contributed by atoms with van der Waals surface area (Å²) in [5.74, 6) is -3.05. The molecule has 0 aromatic heterocycles. The molecule has 0 aromatic rings. The Balaban J connectivity index is 4.24. The molecule has 3 unspecified atom stereocenters. The molecule has 3 amide bonds. The number of nitrogens with one attached hydrogen (secondary N) is 3.